The van der Waals surface area contributed by atoms with E-state index in [-0.39, 0.29) is 18.7 Å². The minimum atomic E-state index is -4.65. The van der Waals surface area contributed by atoms with Crippen molar-refractivity contribution >= 4 is 5.96 Å². The van der Waals surface area contributed by atoms with Crippen molar-refractivity contribution in [3.8, 4) is 0 Å². The zero-order valence-corrected chi connectivity index (χ0v) is 14.7. The molecule has 8 heteroatoms. The summed E-state index contributed by atoms with van der Waals surface area (Å²) in [6.45, 7) is 6.00. The Morgan fingerprint density at radius 1 is 1.12 bits per heavy atom. The van der Waals surface area contributed by atoms with E-state index < -0.39 is 23.2 Å². The van der Waals surface area contributed by atoms with E-state index in [9.17, 15) is 22.7 Å². The van der Waals surface area contributed by atoms with Gasteiger partial charge in [-0.1, -0.05) is 19.9 Å². The van der Waals surface area contributed by atoms with Crippen molar-refractivity contribution in [2.24, 2.45) is 4.99 Å². The molecular formula is C17H25F4N3O. The van der Waals surface area contributed by atoms with Gasteiger partial charge in [0.15, 0.2) is 5.96 Å². The molecule has 3 N–H and O–H groups in total. The van der Waals surface area contributed by atoms with Gasteiger partial charge in [0.25, 0.3) is 0 Å². The number of hydrogen-bond acceptors (Lipinski definition) is 2. The van der Waals surface area contributed by atoms with Gasteiger partial charge < -0.3 is 15.7 Å². The van der Waals surface area contributed by atoms with Crippen molar-refractivity contribution < 1.29 is 22.7 Å². The minimum Gasteiger partial charge on any atom is -0.388 e. The van der Waals surface area contributed by atoms with Crippen molar-refractivity contribution in [3.05, 3.63) is 35.1 Å². The quantitative estimate of drug-likeness (QED) is 0.395. The van der Waals surface area contributed by atoms with Crippen molar-refractivity contribution in [2.45, 2.75) is 51.9 Å². The number of nitrogens with one attached hydrogen (secondary N) is 2. The lowest BCUT2D eigenvalue weighted by atomic mass is 9.98. The fraction of sp³-hybridized carbons (Fsp3) is 0.588. The summed E-state index contributed by atoms with van der Waals surface area (Å²) in [6.07, 6.45) is -3.58. The molecule has 0 saturated carbocycles. The molecule has 1 aromatic carbocycles. The molecule has 0 saturated heterocycles. The summed E-state index contributed by atoms with van der Waals surface area (Å²) in [7, 11) is 0. The third kappa shape index (κ3) is 6.53. The van der Waals surface area contributed by atoms with E-state index in [0.717, 1.165) is 12.1 Å². The average Bonchev–Trinajstić information content (AvgIpc) is 2.57. The van der Waals surface area contributed by atoms with Gasteiger partial charge >= 0.3 is 6.18 Å². The second-order valence-corrected chi connectivity index (χ2v) is 5.78. The molecule has 0 atom stereocenters. The molecule has 0 aliphatic carbocycles. The Hall–Kier alpha value is -1.83. The summed E-state index contributed by atoms with van der Waals surface area (Å²) in [5.41, 5.74) is -2.07. The lowest BCUT2D eigenvalue weighted by Crippen LogP contribution is -2.46. The molecule has 0 heterocycles. The molecule has 25 heavy (non-hydrogen) atoms. The molecule has 142 valence electrons. The number of rotatable bonds is 7. The molecule has 0 amide bonds. The number of benzene rings is 1. The first-order valence-electron chi connectivity index (χ1n) is 8.25. The molecule has 1 rings (SSSR count). The van der Waals surface area contributed by atoms with E-state index >= 15 is 0 Å². The number of hydrogen-bond donors (Lipinski definition) is 3. The van der Waals surface area contributed by atoms with Crippen LogP contribution in [0.5, 0.6) is 0 Å². The van der Waals surface area contributed by atoms with Gasteiger partial charge in [-0.15, -0.1) is 0 Å². The lowest BCUT2D eigenvalue weighted by Gasteiger charge is -2.26. The van der Waals surface area contributed by atoms with E-state index in [2.05, 4.69) is 15.6 Å². The smallest absolute Gasteiger partial charge is 0.388 e. The van der Waals surface area contributed by atoms with Crippen LogP contribution < -0.4 is 10.6 Å². The Kier molecular flexibility index (Phi) is 7.66. The number of alkyl halides is 3. The molecule has 0 aliphatic rings. The van der Waals surface area contributed by atoms with Crippen LogP contribution in [-0.4, -0.2) is 29.8 Å². The molecule has 0 unspecified atom stereocenters. The van der Waals surface area contributed by atoms with Gasteiger partial charge in [0.1, 0.15) is 5.82 Å². The molecule has 0 fully saturated rings. The van der Waals surface area contributed by atoms with Crippen LogP contribution in [0.25, 0.3) is 0 Å². The van der Waals surface area contributed by atoms with Crippen molar-refractivity contribution in [2.75, 3.05) is 13.1 Å². The molecular weight excluding hydrogens is 338 g/mol. The summed E-state index contributed by atoms with van der Waals surface area (Å²) in [5, 5.41) is 16.1. The van der Waals surface area contributed by atoms with Gasteiger partial charge in [-0.2, -0.15) is 13.2 Å². The highest BCUT2D eigenvalue weighted by Gasteiger charge is 2.33. The second kappa shape index (κ2) is 9.03. The Labute approximate surface area is 145 Å². The van der Waals surface area contributed by atoms with Crippen molar-refractivity contribution in [1.82, 2.24) is 10.6 Å². The molecule has 0 aliphatic heterocycles. The maximum atomic E-state index is 13.1. The Balaban J connectivity index is 2.95. The van der Waals surface area contributed by atoms with Crippen LogP contribution in [-0.2, 0) is 12.7 Å². The molecule has 0 spiro atoms. The van der Waals surface area contributed by atoms with Gasteiger partial charge in [-0.25, -0.2) is 9.38 Å². The maximum Gasteiger partial charge on any atom is 0.416 e. The van der Waals surface area contributed by atoms with Crippen LogP contribution in [0.15, 0.2) is 23.2 Å². The topological polar surface area (TPSA) is 56.7 Å². The SMILES string of the molecule is CCNC(=NCc1ccc(F)cc1C(F)(F)F)NCC(O)(CC)CC. The average molecular weight is 363 g/mol. The summed E-state index contributed by atoms with van der Waals surface area (Å²) >= 11 is 0. The Morgan fingerprint density at radius 2 is 1.76 bits per heavy atom. The summed E-state index contributed by atoms with van der Waals surface area (Å²) in [5.74, 6) is -0.652. The van der Waals surface area contributed by atoms with Gasteiger partial charge in [0.05, 0.1) is 17.7 Å². The first-order valence-corrected chi connectivity index (χ1v) is 8.25. The van der Waals surface area contributed by atoms with E-state index in [1.165, 1.54) is 0 Å². The van der Waals surface area contributed by atoms with Crippen LogP contribution in [0.1, 0.15) is 44.7 Å². The first-order chi connectivity index (χ1) is 11.6. The summed E-state index contributed by atoms with van der Waals surface area (Å²) in [4.78, 5) is 4.12. The standard InChI is InChI=1S/C17H25F4N3O/c1-4-16(25,5-2)11-24-15(22-6-3)23-10-12-7-8-13(18)9-14(12)17(19,20)21/h7-9,25H,4-6,10-11H2,1-3H3,(H2,22,23,24). The second-order valence-electron chi connectivity index (χ2n) is 5.78. The van der Waals surface area contributed by atoms with E-state index in [1.54, 1.807) is 0 Å². The van der Waals surface area contributed by atoms with Crippen LogP contribution in [0.4, 0.5) is 17.6 Å². The normalized spacial score (nSPS) is 13.0. The zero-order chi connectivity index (χ0) is 19.1. The van der Waals surface area contributed by atoms with Gasteiger partial charge in [0.2, 0.25) is 0 Å². The van der Waals surface area contributed by atoms with Crippen LogP contribution in [0.3, 0.4) is 0 Å². The lowest BCUT2D eigenvalue weighted by molar-refractivity contribution is -0.138. The van der Waals surface area contributed by atoms with Crippen LogP contribution >= 0.6 is 0 Å². The van der Waals surface area contributed by atoms with Crippen molar-refractivity contribution in [3.63, 3.8) is 0 Å². The van der Waals surface area contributed by atoms with Gasteiger partial charge in [-0.05, 0) is 37.5 Å². The fourth-order valence-corrected chi connectivity index (χ4v) is 2.20. The highest BCUT2D eigenvalue weighted by Crippen LogP contribution is 2.32. The number of nitrogens with zero attached hydrogens (tertiary/aromatic N) is 1. The van der Waals surface area contributed by atoms with E-state index in [4.69, 9.17) is 0 Å². The van der Waals surface area contributed by atoms with E-state index in [0.29, 0.717) is 31.4 Å². The van der Waals surface area contributed by atoms with Crippen LogP contribution in [0.2, 0.25) is 0 Å². The molecule has 0 radical (unpaired) electrons. The Morgan fingerprint density at radius 3 is 2.28 bits per heavy atom. The third-order valence-electron chi connectivity index (χ3n) is 4.03. The number of halogens is 4. The predicted octanol–water partition coefficient (Wildman–Crippen LogP) is 3.45. The molecule has 0 bridgehead atoms. The Bertz CT molecular complexity index is 584. The number of aliphatic hydroxyl groups is 1. The third-order valence-corrected chi connectivity index (χ3v) is 4.03. The molecule has 4 nitrogen and oxygen atoms in total. The molecule has 0 aromatic heterocycles. The highest BCUT2D eigenvalue weighted by molar-refractivity contribution is 5.79. The summed E-state index contributed by atoms with van der Waals surface area (Å²) < 4.78 is 52.2. The zero-order valence-electron chi connectivity index (χ0n) is 14.7. The molecule has 1 aromatic rings. The minimum absolute atomic E-state index is 0.118. The largest absolute Gasteiger partial charge is 0.416 e. The fourth-order valence-electron chi connectivity index (χ4n) is 2.20. The van der Waals surface area contributed by atoms with Gasteiger partial charge in [0, 0.05) is 13.1 Å². The van der Waals surface area contributed by atoms with Crippen LogP contribution in [0, 0.1) is 5.82 Å². The highest BCUT2D eigenvalue weighted by atomic mass is 19.4. The van der Waals surface area contributed by atoms with E-state index in [1.807, 2.05) is 20.8 Å². The van der Waals surface area contributed by atoms with Crippen molar-refractivity contribution in [1.29, 1.82) is 0 Å². The monoisotopic (exact) mass is 363 g/mol. The number of guanidine groups is 1. The summed E-state index contributed by atoms with van der Waals surface area (Å²) in [6, 6.07) is 2.53. The van der Waals surface area contributed by atoms with Gasteiger partial charge in [-0.3, -0.25) is 0 Å². The maximum absolute atomic E-state index is 13.1. The predicted molar refractivity (Wildman–Crippen MR) is 89.8 cm³/mol. The first kappa shape index (κ1) is 21.2. The number of aliphatic imine (C=N–C) groups is 1.